The molecular formula is C7H14ClF3N2OS. The number of carbonyl (C=O) groups excluding carboxylic acids is 1. The summed E-state index contributed by atoms with van der Waals surface area (Å²) in [6, 6.07) is 0.0508. The van der Waals surface area contributed by atoms with Crippen molar-refractivity contribution in [3.63, 3.8) is 0 Å². The molecule has 0 bridgehead atoms. The molecule has 0 aromatic rings. The molecule has 0 aromatic carbocycles. The van der Waals surface area contributed by atoms with E-state index in [1.807, 2.05) is 6.92 Å². The lowest BCUT2D eigenvalue weighted by Crippen LogP contribution is -2.38. The van der Waals surface area contributed by atoms with Gasteiger partial charge in [0.15, 0.2) is 0 Å². The number of rotatable bonds is 5. The van der Waals surface area contributed by atoms with E-state index in [0.717, 1.165) is 0 Å². The first-order chi connectivity index (χ1) is 6.35. The Morgan fingerprint density at radius 3 is 2.40 bits per heavy atom. The van der Waals surface area contributed by atoms with Gasteiger partial charge in [0.1, 0.15) is 0 Å². The number of hydrogen-bond donors (Lipinski definition) is 2. The van der Waals surface area contributed by atoms with Crippen LogP contribution < -0.4 is 10.6 Å². The zero-order valence-corrected chi connectivity index (χ0v) is 9.98. The van der Waals surface area contributed by atoms with E-state index in [1.54, 1.807) is 7.05 Å². The van der Waals surface area contributed by atoms with E-state index in [9.17, 15) is 18.0 Å². The minimum atomic E-state index is -4.34. The van der Waals surface area contributed by atoms with Gasteiger partial charge in [0.05, 0.1) is 5.75 Å². The van der Waals surface area contributed by atoms with Crippen LogP contribution in [0.4, 0.5) is 13.2 Å². The molecule has 0 aromatic heterocycles. The molecule has 0 heterocycles. The third kappa shape index (κ3) is 11.8. The zero-order chi connectivity index (χ0) is 11.2. The van der Waals surface area contributed by atoms with Crippen molar-refractivity contribution in [2.24, 2.45) is 0 Å². The second-order valence-corrected chi connectivity index (χ2v) is 3.77. The Bertz CT molecular complexity index is 192. The van der Waals surface area contributed by atoms with Gasteiger partial charge in [0.25, 0.3) is 0 Å². The molecule has 0 saturated carbocycles. The number of halogens is 4. The Morgan fingerprint density at radius 2 is 2.00 bits per heavy atom. The summed E-state index contributed by atoms with van der Waals surface area (Å²) >= 11 is -0.332. The molecule has 8 heteroatoms. The molecule has 0 radical (unpaired) electrons. The van der Waals surface area contributed by atoms with Crippen LogP contribution in [-0.2, 0) is 4.79 Å². The predicted molar refractivity (Wildman–Crippen MR) is 57.3 cm³/mol. The third-order valence-corrected chi connectivity index (χ3v) is 2.20. The molecule has 0 saturated heterocycles. The van der Waals surface area contributed by atoms with Gasteiger partial charge in [-0.25, -0.2) is 0 Å². The summed E-state index contributed by atoms with van der Waals surface area (Å²) in [5.74, 6) is -1.19. The first-order valence-corrected chi connectivity index (χ1v) is 4.98. The van der Waals surface area contributed by atoms with Gasteiger partial charge in [-0.1, -0.05) is 0 Å². The number of hydrogen-bond acceptors (Lipinski definition) is 3. The lowest BCUT2D eigenvalue weighted by molar-refractivity contribution is -0.118. The van der Waals surface area contributed by atoms with Gasteiger partial charge in [0, 0.05) is 12.6 Å². The third-order valence-electron chi connectivity index (χ3n) is 1.47. The largest absolute Gasteiger partial charge is 0.442 e. The standard InChI is InChI=1S/C7H13F3N2OS.ClH/c1-5(11-2)3-12-6(13)4-14-7(8,9)10;/h5,11H,3-4H2,1-2H3,(H,12,13);1H. The summed E-state index contributed by atoms with van der Waals surface area (Å²) < 4.78 is 35.0. The maximum atomic E-state index is 11.7. The summed E-state index contributed by atoms with van der Waals surface area (Å²) in [5, 5.41) is 5.23. The van der Waals surface area contributed by atoms with Crippen molar-refractivity contribution in [2.45, 2.75) is 18.5 Å². The number of nitrogens with one attached hydrogen (secondary N) is 2. The van der Waals surface area contributed by atoms with E-state index in [4.69, 9.17) is 0 Å². The van der Waals surface area contributed by atoms with Gasteiger partial charge < -0.3 is 10.6 Å². The van der Waals surface area contributed by atoms with Gasteiger partial charge in [-0.2, -0.15) is 13.2 Å². The second kappa shape index (κ2) is 8.06. The highest BCUT2D eigenvalue weighted by Crippen LogP contribution is 2.29. The van der Waals surface area contributed by atoms with Crippen LogP contribution in [0.15, 0.2) is 0 Å². The molecule has 0 rings (SSSR count). The number of amides is 1. The maximum absolute atomic E-state index is 11.7. The predicted octanol–water partition coefficient (Wildman–Crippen LogP) is 1.39. The highest BCUT2D eigenvalue weighted by molar-refractivity contribution is 8.00. The lowest BCUT2D eigenvalue weighted by Gasteiger charge is -2.11. The zero-order valence-electron chi connectivity index (χ0n) is 8.35. The Kier molecular flexibility index (Phi) is 9.28. The fourth-order valence-electron chi connectivity index (χ4n) is 0.567. The lowest BCUT2D eigenvalue weighted by atomic mass is 10.3. The van der Waals surface area contributed by atoms with Crippen molar-refractivity contribution in [1.82, 2.24) is 10.6 Å². The Morgan fingerprint density at radius 1 is 1.47 bits per heavy atom. The highest BCUT2D eigenvalue weighted by atomic mass is 35.5. The number of likely N-dealkylation sites (N-methyl/N-ethyl adjacent to an activating group) is 1. The molecule has 0 spiro atoms. The molecule has 0 aliphatic carbocycles. The first-order valence-electron chi connectivity index (χ1n) is 4.00. The Hall–Kier alpha value is -0.140. The molecule has 15 heavy (non-hydrogen) atoms. The maximum Gasteiger partial charge on any atom is 0.442 e. The SMILES string of the molecule is CNC(C)CNC(=O)CSC(F)(F)F.Cl. The van der Waals surface area contributed by atoms with E-state index in [1.165, 1.54) is 0 Å². The average molecular weight is 267 g/mol. The van der Waals surface area contributed by atoms with Crippen LogP contribution in [-0.4, -0.2) is 36.8 Å². The molecule has 1 atom stereocenters. The average Bonchev–Trinajstić information content (AvgIpc) is 2.09. The Balaban J connectivity index is 0. The minimum absolute atomic E-state index is 0. The van der Waals surface area contributed by atoms with E-state index in [0.29, 0.717) is 6.54 Å². The van der Waals surface area contributed by atoms with Gasteiger partial charge >= 0.3 is 5.51 Å². The van der Waals surface area contributed by atoms with Crippen LogP contribution in [0, 0.1) is 0 Å². The normalized spacial score (nSPS) is 12.9. The molecule has 92 valence electrons. The van der Waals surface area contributed by atoms with Crippen LogP contribution >= 0.6 is 24.2 Å². The monoisotopic (exact) mass is 266 g/mol. The quantitative estimate of drug-likeness (QED) is 0.790. The summed E-state index contributed by atoms with van der Waals surface area (Å²) in [5.41, 5.74) is -4.34. The first kappa shape index (κ1) is 17.3. The number of carbonyl (C=O) groups is 1. The molecular weight excluding hydrogens is 253 g/mol. The highest BCUT2D eigenvalue weighted by Gasteiger charge is 2.29. The summed E-state index contributed by atoms with van der Waals surface area (Å²) in [4.78, 5) is 10.9. The van der Waals surface area contributed by atoms with Crippen molar-refractivity contribution in [1.29, 1.82) is 0 Å². The number of thioether (sulfide) groups is 1. The van der Waals surface area contributed by atoms with E-state index in [-0.39, 0.29) is 30.2 Å². The molecule has 0 aliphatic heterocycles. The van der Waals surface area contributed by atoms with E-state index < -0.39 is 17.2 Å². The van der Waals surface area contributed by atoms with Crippen molar-refractivity contribution in [3.8, 4) is 0 Å². The fraction of sp³-hybridized carbons (Fsp3) is 0.857. The molecule has 3 nitrogen and oxygen atoms in total. The summed E-state index contributed by atoms with van der Waals surface area (Å²) in [6.45, 7) is 2.14. The minimum Gasteiger partial charge on any atom is -0.354 e. The van der Waals surface area contributed by atoms with Gasteiger partial charge in [0.2, 0.25) is 5.91 Å². The topological polar surface area (TPSA) is 41.1 Å². The molecule has 0 fully saturated rings. The Labute approximate surface area is 97.0 Å². The molecule has 1 unspecified atom stereocenters. The molecule has 0 aliphatic rings. The van der Waals surface area contributed by atoms with E-state index in [2.05, 4.69) is 10.6 Å². The van der Waals surface area contributed by atoms with Gasteiger partial charge in [-0.15, -0.1) is 12.4 Å². The van der Waals surface area contributed by atoms with Crippen LogP contribution in [0.5, 0.6) is 0 Å². The summed E-state index contributed by atoms with van der Waals surface area (Å²) in [7, 11) is 1.71. The van der Waals surface area contributed by atoms with Crippen LogP contribution in [0.3, 0.4) is 0 Å². The fourth-order valence-corrected chi connectivity index (χ4v) is 0.964. The van der Waals surface area contributed by atoms with Gasteiger partial charge in [-0.05, 0) is 25.7 Å². The number of alkyl halides is 3. The second-order valence-electron chi connectivity index (χ2n) is 2.73. The van der Waals surface area contributed by atoms with Crippen LogP contribution in [0.25, 0.3) is 0 Å². The van der Waals surface area contributed by atoms with Crippen molar-refractivity contribution < 1.29 is 18.0 Å². The van der Waals surface area contributed by atoms with Gasteiger partial charge in [-0.3, -0.25) is 4.79 Å². The van der Waals surface area contributed by atoms with Crippen LogP contribution in [0.2, 0.25) is 0 Å². The summed E-state index contributed by atoms with van der Waals surface area (Å²) in [6.07, 6.45) is 0. The smallest absolute Gasteiger partial charge is 0.354 e. The molecule has 2 N–H and O–H groups in total. The van der Waals surface area contributed by atoms with Crippen molar-refractivity contribution in [2.75, 3.05) is 19.3 Å². The van der Waals surface area contributed by atoms with Crippen molar-refractivity contribution >= 4 is 30.1 Å². The van der Waals surface area contributed by atoms with Crippen molar-refractivity contribution in [3.05, 3.63) is 0 Å². The van der Waals surface area contributed by atoms with Crippen LogP contribution in [0.1, 0.15) is 6.92 Å². The van der Waals surface area contributed by atoms with E-state index >= 15 is 0 Å². The molecule has 1 amide bonds.